The van der Waals surface area contributed by atoms with Gasteiger partial charge in [-0.3, -0.25) is 0 Å². The highest BCUT2D eigenvalue weighted by molar-refractivity contribution is 9.10. The fraction of sp³-hybridized carbons (Fsp3) is 0.231. The summed E-state index contributed by atoms with van der Waals surface area (Å²) >= 11 is 4.67. The van der Waals surface area contributed by atoms with E-state index in [0.29, 0.717) is 12.1 Å². The summed E-state index contributed by atoms with van der Waals surface area (Å²) in [6.07, 6.45) is 0.607. The molecule has 0 aliphatic rings. The van der Waals surface area contributed by atoms with E-state index < -0.39 is 5.97 Å². The zero-order chi connectivity index (χ0) is 13.8. The third-order valence-electron chi connectivity index (χ3n) is 2.52. The van der Waals surface area contributed by atoms with Gasteiger partial charge in [-0.15, -0.1) is 11.3 Å². The van der Waals surface area contributed by atoms with E-state index in [4.69, 9.17) is 9.84 Å². The summed E-state index contributed by atoms with van der Waals surface area (Å²) in [6, 6.07) is 7.83. The summed E-state index contributed by atoms with van der Waals surface area (Å²) < 4.78 is 5.97. The van der Waals surface area contributed by atoms with E-state index in [-0.39, 0.29) is 11.5 Å². The topological polar surface area (TPSA) is 59.4 Å². The predicted octanol–water partition coefficient (Wildman–Crippen LogP) is 3.34. The minimum absolute atomic E-state index is 0.216. The maximum absolute atomic E-state index is 11.1. The first-order valence-corrected chi connectivity index (χ1v) is 7.17. The highest BCUT2D eigenvalue weighted by Gasteiger charge is 2.17. The molecule has 0 saturated carbocycles. The Morgan fingerprint density at radius 2 is 2.21 bits per heavy atom. The average Bonchev–Trinajstić information content (AvgIpc) is 2.76. The molecular formula is C13H12BrNO3S. The number of hydrogen-bond acceptors (Lipinski definition) is 4. The molecule has 0 unspecified atom stereocenters. The first-order valence-electron chi connectivity index (χ1n) is 5.56. The lowest BCUT2D eigenvalue weighted by Gasteiger charge is -2.00. The van der Waals surface area contributed by atoms with Gasteiger partial charge in [-0.05, 0) is 11.6 Å². The van der Waals surface area contributed by atoms with Crippen LogP contribution < -0.4 is 0 Å². The monoisotopic (exact) mass is 341 g/mol. The molecule has 4 nitrogen and oxygen atoms in total. The van der Waals surface area contributed by atoms with Crippen molar-refractivity contribution in [1.29, 1.82) is 0 Å². The highest BCUT2D eigenvalue weighted by atomic mass is 79.9. The fourth-order valence-electron chi connectivity index (χ4n) is 1.68. The number of rotatable bonds is 5. The molecule has 1 N–H and O–H groups in total. The van der Waals surface area contributed by atoms with Crippen molar-refractivity contribution in [3.05, 3.63) is 49.9 Å². The second kappa shape index (κ2) is 6.27. The molecule has 100 valence electrons. The lowest BCUT2D eigenvalue weighted by Crippen LogP contribution is -1.99. The number of hydrogen-bond donors (Lipinski definition) is 1. The first-order chi connectivity index (χ1) is 9.11. The van der Waals surface area contributed by atoms with Crippen LogP contribution in [-0.2, 0) is 17.8 Å². The van der Waals surface area contributed by atoms with Crippen LogP contribution in [0, 0.1) is 0 Å². The van der Waals surface area contributed by atoms with Gasteiger partial charge in [-0.25, -0.2) is 9.78 Å². The molecule has 0 radical (unpaired) electrons. The molecule has 0 spiro atoms. The fourth-order valence-corrected chi connectivity index (χ4v) is 3.04. The molecule has 0 saturated heterocycles. The molecule has 6 heteroatoms. The van der Waals surface area contributed by atoms with Crippen molar-refractivity contribution < 1.29 is 14.6 Å². The quantitative estimate of drug-likeness (QED) is 0.905. The number of methoxy groups -OCH3 is 1. The van der Waals surface area contributed by atoms with Gasteiger partial charge < -0.3 is 9.84 Å². The van der Waals surface area contributed by atoms with Gasteiger partial charge in [0.05, 0.1) is 17.3 Å². The van der Waals surface area contributed by atoms with E-state index in [0.717, 1.165) is 15.0 Å². The molecule has 0 bridgehead atoms. The van der Waals surface area contributed by atoms with Gasteiger partial charge in [0.1, 0.15) is 4.88 Å². The van der Waals surface area contributed by atoms with Gasteiger partial charge >= 0.3 is 5.97 Å². The average molecular weight is 342 g/mol. The van der Waals surface area contributed by atoms with Crippen LogP contribution in [0.5, 0.6) is 0 Å². The van der Waals surface area contributed by atoms with Gasteiger partial charge in [0, 0.05) is 18.0 Å². The SMILES string of the molecule is COCc1nc(Cc2ccccc2Br)sc1C(=O)O. The van der Waals surface area contributed by atoms with Gasteiger partial charge in [0.2, 0.25) is 0 Å². The number of carbonyl (C=O) groups is 1. The number of nitrogens with zero attached hydrogens (tertiary/aromatic N) is 1. The minimum atomic E-state index is -0.956. The van der Waals surface area contributed by atoms with E-state index in [1.165, 1.54) is 18.4 Å². The third-order valence-corrected chi connectivity index (χ3v) is 4.38. The van der Waals surface area contributed by atoms with E-state index in [1.807, 2.05) is 24.3 Å². The van der Waals surface area contributed by atoms with Crippen LogP contribution in [0.25, 0.3) is 0 Å². The van der Waals surface area contributed by atoms with Crippen LogP contribution in [0.3, 0.4) is 0 Å². The van der Waals surface area contributed by atoms with Crippen LogP contribution in [0.2, 0.25) is 0 Å². The molecule has 0 amide bonds. The third kappa shape index (κ3) is 3.40. The predicted molar refractivity (Wildman–Crippen MR) is 76.7 cm³/mol. The number of carboxylic acids is 1. The molecule has 0 fully saturated rings. The Morgan fingerprint density at radius 1 is 1.47 bits per heavy atom. The second-order valence-electron chi connectivity index (χ2n) is 3.89. The molecule has 1 aromatic heterocycles. The first kappa shape index (κ1) is 14.2. The largest absolute Gasteiger partial charge is 0.477 e. The van der Waals surface area contributed by atoms with Crippen molar-refractivity contribution >= 4 is 33.2 Å². The zero-order valence-corrected chi connectivity index (χ0v) is 12.6. The normalized spacial score (nSPS) is 10.6. The molecule has 0 aliphatic carbocycles. The Morgan fingerprint density at radius 3 is 2.84 bits per heavy atom. The van der Waals surface area contributed by atoms with Gasteiger partial charge in [0.15, 0.2) is 0 Å². The number of carboxylic acid groups (broad SMARTS) is 1. The molecule has 0 aliphatic heterocycles. The summed E-state index contributed by atoms with van der Waals surface area (Å²) in [5.74, 6) is -0.956. The molecular weight excluding hydrogens is 330 g/mol. The van der Waals surface area contributed by atoms with Crippen LogP contribution in [-0.4, -0.2) is 23.2 Å². The van der Waals surface area contributed by atoms with Crippen LogP contribution in [0.4, 0.5) is 0 Å². The Kier molecular flexibility index (Phi) is 4.68. The Balaban J connectivity index is 2.29. The van der Waals surface area contributed by atoms with Crippen molar-refractivity contribution in [2.24, 2.45) is 0 Å². The smallest absolute Gasteiger partial charge is 0.347 e. The molecule has 1 aromatic carbocycles. The maximum atomic E-state index is 11.1. The number of aromatic nitrogens is 1. The van der Waals surface area contributed by atoms with Crippen molar-refractivity contribution in [3.8, 4) is 0 Å². The van der Waals surface area contributed by atoms with E-state index in [9.17, 15) is 4.79 Å². The summed E-state index contributed by atoms with van der Waals surface area (Å²) in [4.78, 5) is 15.7. The summed E-state index contributed by atoms with van der Waals surface area (Å²) in [5, 5.41) is 9.91. The summed E-state index contributed by atoms with van der Waals surface area (Å²) in [7, 11) is 1.53. The second-order valence-corrected chi connectivity index (χ2v) is 5.83. The summed E-state index contributed by atoms with van der Waals surface area (Å²) in [5.41, 5.74) is 1.57. The van der Waals surface area contributed by atoms with Crippen LogP contribution in [0.1, 0.15) is 25.9 Å². The standard InChI is InChI=1S/C13H12BrNO3S/c1-18-7-10-12(13(16)17)19-11(15-10)6-8-4-2-3-5-9(8)14/h2-5H,6-7H2,1H3,(H,16,17). The molecule has 2 aromatic rings. The van der Waals surface area contributed by atoms with Gasteiger partial charge in [0.25, 0.3) is 0 Å². The highest BCUT2D eigenvalue weighted by Crippen LogP contribution is 2.25. The van der Waals surface area contributed by atoms with Crippen molar-refractivity contribution in [1.82, 2.24) is 4.98 Å². The lowest BCUT2D eigenvalue weighted by molar-refractivity contribution is 0.0697. The minimum Gasteiger partial charge on any atom is -0.477 e. The zero-order valence-electron chi connectivity index (χ0n) is 10.2. The Labute approximate surface area is 123 Å². The van der Waals surface area contributed by atoms with E-state index in [2.05, 4.69) is 20.9 Å². The number of benzene rings is 1. The van der Waals surface area contributed by atoms with Crippen molar-refractivity contribution in [3.63, 3.8) is 0 Å². The molecule has 2 rings (SSSR count). The van der Waals surface area contributed by atoms with Crippen LogP contribution in [0.15, 0.2) is 28.7 Å². The summed E-state index contributed by atoms with van der Waals surface area (Å²) in [6.45, 7) is 0.216. The van der Waals surface area contributed by atoms with Crippen LogP contribution >= 0.6 is 27.3 Å². The Bertz CT molecular complexity index is 597. The maximum Gasteiger partial charge on any atom is 0.347 e. The lowest BCUT2D eigenvalue weighted by atomic mass is 10.2. The Hall–Kier alpha value is -1.24. The van der Waals surface area contributed by atoms with Crippen molar-refractivity contribution in [2.45, 2.75) is 13.0 Å². The number of ether oxygens (including phenoxy) is 1. The van der Waals surface area contributed by atoms with E-state index >= 15 is 0 Å². The van der Waals surface area contributed by atoms with E-state index in [1.54, 1.807) is 0 Å². The number of aromatic carboxylic acids is 1. The van der Waals surface area contributed by atoms with Gasteiger partial charge in [-0.1, -0.05) is 34.1 Å². The molecule has 0 atom stereocenters. The molecule has 19 heavy (non-hydrogen) atoms. The molecule has 1 heterocycles. The number of halogens is 1. The van der Waals surface area contributed by atoms with Gasteiger partial charge in [-0.2, -0.15) is 0 Å². The number of thiazole rings is 1. The van der Waals surface area contributed by atoms with Crippen molar-refractivity contribution in [2.75, 3.05) is 7.11 Å².